The molecule has 0 atom stereocenters. The van der Waals surface area contributed by atoms with Crippen molar-refractivity contribution in [2.45, 2.75) is 19.8 Å². The van der Waals surface area contributed by atoms with Gasteiger partial charge in [0.1, 0.15) is 10.7 Å². The van der Waals surface area contributed by atoms with E-state index >= 15 is 0 Å². The highest BCUT2D eigenvalue weighted by Gasteiger charge is 2.09. The van der Waals surface area contributed by atoms with E-state index in [9.17, 15) is 4.79 Å². The zero-order chi connectivity index (χ0) is 18.5. The zero-order valence-corrected chi connectivity index (χ0v) is 15.3. The van der Waals surface area contributed by atoms with E-state index in [1.165, 1.54) is 16.4 Å². The molecular weight excluding hydrogens is 348 g/mol. The molecule has 0 radical (unpaired) electrons. The number of hydrazone groups is 1. The van der Waals surface area contributed by atoms with Crippen LogP contribution in [0, 0.1) is 0 Å². The lowest BCUT2D eigenvalue weighted by Crippen LogP contribution is -2.22. The van der Waals surface area contributed by atoms with E-state index in [-0.39, 0.29) is 5.02 Å². The second kappa shape index (κ2) is 7.97. The second-order valence-corrected chi connectivity index (χ2v) is 6.49. The predicted octanol–water partition coefficient (Wildman–Crippen LogP) is 4.46. The molecule has 0 amide bonds. The number of benzene rings is 2. The van der Waals surface area contributed by atoms with Gasteiger partial charge in [0.15, 0.2) is 0 Å². The third-order valence-electron chi connectivity index (χ3n) is 3.92. The molecule has 1 N–H and O–H groups in total. The van der Waals surface area contributed by atoms with Gasteiger partial charge in [-0.1, -0.05) is 67.9 Å². The van der Waals surface area contributed by atoms with Crippen molar-refractivity contribution in [3.05, 3.63) is 87.3 Å². The number of halogens is 1. The maximum Gasteiger partial charge on any atom is 0.292 e. The number of nitrogens with one attached hydrogen (secondary N) is 1. The summed E-state index contributed by atoms with van der Waals surface area (Å²) in [7, 11) is 0. The van der Waals surface area contributed by atoms with Crippen LogP contribution in [0.3, 0.4) is 0 Å². The Bertz CT molecular complexity index is 963. The van der Waals surface area contributed by atoms with Gasteiger partial charge in [-0.25, -0.2) is 0 Å². The lowest BCUT2D eigenvalue weighted by atomic mass is 10.0. The van der Waals surface area contributed by atoms with Gasteiger partial charge in [-0.05, 0) is 29.2 Å². The number of hydrogen-bond acceptors (Lipinski definition) is 4. The summed E-state index contributed by atoms with van der Waals surface area (Å²) in [4.78, 5) is 12.4. The van der Waals surface area contributed by atoms with E-state index < -0.39 is 5.56 Å². The number of nitrogens with zero attached hydrogens (tertiary/aromatic N) is 3. The van der Waals surface area contributed by atoms with E-state index in [2.05, 4.69) is 41.6 Å². The van der Waals surface area contributed by atoms with Crippen LogP contribution >= 0.6 is 11.6 Å². The minimum Gasteiger partial charge on any atom is -0.275 e. The summed E-state index contributed by atoms with van der Waals surface area (Å²) in [5.74, 6) is 0.486. The molecule has 26 heavy (non-hydrogen) atoms. The molecule has 132 valence electrons. The van der Waals surface area contributed by atoms with Crippen molar-refractivity contribution in [3.8, 4) is 5.69 Å². The fraction of sp³-hybridized carbons (Fsp3) is 0.150. The molecule has 0 aliphatic heterocycles. The standard InChI is InChI=1S/C20H19ClN4O/c1-14(2)16-10-8-15(9-11-16)12-22-24-18-13-23-25(20(26)19(18)21)17-6-4-3-5-7-17/h3-14,24H,1-2H3/b22-12-. The first-order valence-corrected chi connectivity index (χ1v) is 8.66. The smallest absolute Gasteiger partial charge is 0.275 e. The van der Waals surface area contributed by atoms with Gasteiger partial charge in [0.25, 0.3) is 5.56 Å². The van der Waals surface area contributed by atoms with Gasteiger partial charge in [0, 0.05) is 0 Å². The zero-order valence-electron chi connectivity index (χ0n) is 14.6. The molecule has 0 saturated heterocycles. The van der Waals surface area contributed by atoms with Crippen molar-refractivity contribution < 1.29 is 0 Å². The monoisotopic (exact) mass is 366 g/mol. The molecule has 5 nitrogen and oxygen atoms in total. The van der Waals surface area contributed by atoms with Crippen LogP contribution in [-0.2, 0) is 0 Å². The molecule has 0 aliphatic carbocycles. The largest absolute Gasteiger partial charge is 0.292 e. The molecule has 0 saturated carbocycles. The Hall–Kier alpha value is -2.92. The molecule has 3 aromatic rings. The summed E-state index contributed by atoms with van der Waals surface area (Å²) < 4.78 is 1.25. The Morgan fingerprint density at radius 1 is 1.12 bits per heavy atom. The molecule has 1 heterocycles. The van der Waals surface area contributed by atoms with Gasteiger partial charge in [-0.2, -0.15) is 14.9 Å². The highest BCUT2D eigenvalue weighted by Crippen LogP contribution is 2.17. The normalized spacial score (nSPS) is 11.2. The average molecular weight is 367 g/mol. The third kappa shape index (κ3) is 4.00. The van der Waals surface area contributed by atoms with Crippen molar-refractivity contribution in [2.24, 2.45) is 5.10 Å². The molecule has 0 bridgehead atoms. The Labute approximate surface area is 157 Å². The number of para-hydroxylation sites is 1. The Morgan fingerprint density at radius 3 is 2.46 bits per heavy atom. The van der Waals surface area contributed by atoms with E-state index in [1.54, 1.807) is 18.3 Å². The first-order valence-electron chi connectivity index (χ1n) is 8.28. The third-order valence-corrected chi connectivity index (χ3v) is 4.29. The van der Waals surface area contributed by atoms with E-state index in [0.717, 1.165) is 5.56 Å². The van der Waals surface area contributed by atoms with Crippen molar-refractivity contribution in [2.75, 3.05) is 5.43 Å². The van der Waals surface area contributed by atoms with Gasteiger partial charge in [-0.15, -0.1) is 0 Å². The first-order chi connectivity index (χ1) is 12.6. The Kier molecular flexibility index (Phi) is 5.49. The maximum absolute atomic E-state index is 12.4. The van der Waals surface area contributed by atoms with Gasteiger partial charge >= 0.3 is 0 Å². The Morgan fingerprint density at radius 2 is 1.81 bits per heavy atom. The topological polar surface area (TPSA) is 59.3 Å². The summed E-state index contributed by atoms with van der Waals surface area (Å²) in [6.45, 7) is 4.30. The molecular formula is C20H19ClN4O. The van der Waals surface area contributed by atoms with Crippen molar-refractivity contribution in [1.82, 2.24) is 9.78 Å². The van der Waals surface area contributed by atoms with Crippen molar-refractivity contribution in [3.63, 3.8) is 0 Å². The number of aromatic nitrogens is 2. The quantitative estimate of drug-likeness (QED) is 0.536. The lowest BCUT2D eigenvalue weighted by molar-refractivity contribution is 0.808. The van der Waals surface area contributed by atoms with Crippen LogP contribution in [0.1, 0.15) is 30.9 Å². The summed E-state index contributed by atoms with van der Waals surface area (Å²) in [6.07, 6.45) is 3.15. The first kappa shape index (κ1) is 17.9. The minimum atomic E-state index is -0.403. The van der Waals surface area contributed by atoms with Crippen molar-refractivity contribution >= 4 is 23.5 Å². The molecule has 0 fully saturated rings. The van der Waals surface area contributed by atoms with Crippen LogP contribution in [0.25, 0.3) is 5.69 Å². The SMILES string of the molecule is CC(C)c1ccc(/C=N\Nc2cnn(-c3ccccc3)c(=O)c2Cl)cc1. The van der Waals surface area contributed by atoms with E-state index in [4.69, 9.17) is 11.6 Å². The van der Waals surface area contributed by atoms with Gasteiger partial charge in [0.05, 0.1) is 18.1 Å². The Balaban J connectivity index is 1.76. The van der Waals surface area contributed by atoms with Gasteiger partial charge < -0.3 is 0 Å². The van der Waals surface area contributed by atoms with Gasteiger partial charge in [0.2, 0.25) is 0 Å². The molecule has 0 spiro atoms. The van der Waals surface area contributed by atoms with Crippen LogP contribution < -0.4 is 11.0 Å². The molecule has 6 heteroatoms. The summed E-state index contributed by atoms with van der Waals surface area (Å²) in [5, 5.41) is 8.33. The van der Waals surface area contributed by atoms with Crippen LogP contribution in [0.4, 0.5) is 5.69 Å². The van der Waals surface area contributed by atoms with E-state index in [0.29, 0.717) is 17.3 Å². The molecule has 2 aromatic carbocycles. The summed E-state index contributed by atoms with van der Waals surface area (Å²) >= 11 is 6.18. The maximum atomic E-state index is 12.4. The molecule has 3 rings (SSSR count). The van der Waals surface area contributed by atoms with Crippen LogP contribution in [0.2, 0.25) is 5.02 Å². The number of hydrogen-bond donors (Lipinski definition) is 1. The molecule has 0 aliphatic rings. The average Bonchev–Trinajstić information content (AvgIpc) is 2.66. The fourth-order valence-corrected chi connectivity index (χ4v) is 2.58. The fourth-order valence-electron chi connectivity index (χ4n) is 2.41. The van der Waals surface area contributed by atoms with Crippen molar-refractivity contribution in [1.29, 1.82) is 0 Å². The van der Waals surface area contributed by atoms with Crippen LogP contribution in [0.15, 0.2) is 70.7 Å². The minimum absolute atomic E-state index is 0.0381. The number of rotatable bonds is 5. The van der Waals surface area contributed by atoms with Crippen LogP contribution in [-0.4, -0.2) is 16.0 Å². The van der Waals surface area contributed by atoms with Gasteiger partial charge in [-0.3, -0.25) is 10.2 Å². The summed E-state index contributed by atoms with van der Waals surface area (Å²) in [6, 6.07) is 17.2. The highest BCUT2D eigenvalue weighted by molar-refractivity contribution is 6.32. The molecule has 0 unspecified atom stereocenters. The second-order valence-electron chi connectivity index (χ2n) is 6.12. The molecule has 1 aromatic heterocycles. The summed E-state index contributed by atoms with van der Waals surface area (Å²) in [5.41, 5.74) is 5.61. The van der Waals surface area contributed by atoms with Crippen LogP contribution in [0.5, 0.6) is 0 Å². The van der Waals surface area contributed by atoms with E-state index in [1.807, 2.05) is 30.3 Å². The lowest BCUT2D eigenvalue weighted by Gasteiger charge is -2.07. The highest BCUT2D eigenvalue weighted by atomic mass is 35.5. The predicted molar refractivity (Wildman–Crippen MR) is 107 cm³/mol. The number of anilines is 1.